The summed E-state index contributed by atoms with van der Waals surface area (Å²) in [6.07, 6.45) is 0. The smallest absolute Gasteiger partial charge is 0.242 e. The second-order valence-corrected chi connectivity index (χ2v) is 5.69. The highest BCUT2D eigenvalue weighted by Crippen LogP contribution is 2.21. The minimum absolute atomic E-state index is 0.0174. The lowest BCUT2D eigenvalue weighted by atomic mass is 10.2. The number of amides is 3. The molecule has 0 N–H and O–H groups in total. The average Bonchev–Trinajstić information content (AvgIpc) is 2.59. The van der Waals surface area contributed by atoms with Crippen molar-refractivity contribution < 1.29 is 19.1 Å². The molecule has 0 aromatic heterocycles. The van der Waals surface area contributed by atoms with Crippen LogP contribution in [0.15, 0.2) is 24.3 Å². The van der Waals surface area contributed by atoms with Gasteiger partial charge in [-0.1, -0.05) is 6.07 Å². The van der Waals surface area contributed by atoms with E-state index in [0.29, 0.717) is 37.6 Å². The molecule has 130 valence electrons. The van der Waals surface area contributed by atoms with Crippen molar-refractivity contribution >= 4 is 23.4 Å². The molecule has 0 saturated carbocycles. The van der Waals surface area contributed by atoms with Crippen molar-refractivity contribution in [2.75, 3.05) is 44.7 Å². The van der Waals surface area contributed by atoms with Crippen LogP contribution < -0.4 is 9.64 Å². The Morgan fingerprint density at radius 3 is 2.25 bits per heavy atom. The van der Waals surface area contributed by atoms with Gasteiger partial charge in [-0.25, -0.2) is 0 Å². The zero-order valence-corrected chi connectivity index (χ0v) is 14.3. The molecule has 1 aliphatic heterocycles. The molecule has 0 spiro atoms. The van der Waals surface area contributed by atoms with Crippen molar-refractivity contribution in [3.8, 4) is 5.75 Å². The molecule has 3 amide bonds. The van der Waals surface area contributed by atoms with Gasteiger partial charge in [-0.05, 0) is 12.1 Å². The van der Waals surface area contributed by atoms with Gasteiger partial charge in [0, 0.05) is 51.8 Å². The van der Waals surface area contributed by atoms with E-state index in [1.54, 1.807) is 41.2 Å². The molecule has 1 heterocycles. The molecule has 1 saturated heterocycles. The van der Waals surface area contributed by atoms with Gasteiger partial charge < -0.3 is 19.4 Å². The number of carbonyl (C=O) groups is 3. The van der Waals surface area contributed by atoms with Crippen molar-refractivity contribution in [1.29, 1.82) is 0 Å². The fourth-order valence-corrected chi connectivity index (χ4v) is 2.67. The first-order valence-corrected chi connectivity index (χ1v) is 7.88. The van der Waals surface area contributed by atoms with Crippen LogP contribution in [0.4, 0.5) is 5.69 Å². The molecule has 0 unspecified atom stereocenters. The summed E-state index contributed by atoms with van der Waals surface area (Å²) >= 11 is 0. The third kappa shape index (κ3) is 4.24. The van der Waals surface area contributed by atoms with E-state index in [0.717, 1.165) is 0 Å². The summed E-state index contributed by atoms with van der Waals surface area (Å²) in [6, 6.07) is 7.05. The Hall–Kier alpha value is -2.57. The summed E-state index contributed by atoms with van der Waals surface area (Å²) in [5, 5.41) is 0. The summed E-state index contributed by atoms with van der Waals surface area (Å²) in [4.78, 5) is 40.7. The number of piperazine rings is 1. The number of carbonyl (C=O) groups excluding carboxylic acids is 3. The molecule has 1 aromatic rings. The Bertz CT molecular complexity index is 624. The molecule has 1 fully saturated rings. The summed E-state index contributed by atoms with van der Waals surface area (Å²) in [5.41, 5.74) is 0.623. The van der Waals surface area contributed by atoms with E-state index in [1.165, 1.54) is 18.7 Å². The molecule has 0 aliphatic carbocycles. The van der Waals surface area contributed by atoms with Gasteiger partial charge in [0.25, 0.3) is 0 Å². The number of nitrogens with zero attached hydrogens (tertiary/aromatic N) is 3. The van der Waals surface area contributed by atoms with Gasteiger partial charge in [0.05, 0.1) is 7.11 Å². The zero-order valence-electron chi connectivity index (χ0n) is 14.3. The Morgan fingerprint density at radius 2 is 1.71 bits per heavy atom. The number of anilines is 1. The first-order chi connectivity index (χ1) is 11.4. The van der Waals surface area contributed by atoms with Crippen LogP contribution in [-0.4, -0.2) is 67.4 Å². The van der Waals surface area contributed by atoms with Crippen molar-refractivity contribution in [1.82, 2.24) is 9.80 Å². The van der Waals surface area contributed by atoms with E-state index in [4.69, 9.17) is 4.74 Å². The van der Waals surface area contributed by atoms with Crippen LogP contribution in [0.25, 0.3) is 0 Å². The molecule has 2 rings (SSSR count). The fraction of sp³-hybridized carbons (Fsp3) is 0.471. The molecule has 24 heavy (non-hydrogen) atoms. The second kappa shape index (κ2) is 7.81. The lowest BCUT2D eigenvalue weighted by Gasteiger charge is -2.35. The number of benzene rings is 1. The largest absolute Gasteiger partial charge is 0.497 e. The monoisotopic (exact) mass is 333 g/mol. The van der Waals surface area contributed by atoms with Gasteiger partial charge >= 0.3 is 0 Å². The lowest BCUT2D eigenvalue weighted by Crippen LogP contribution is -2.52. The normalized spacial score (nSPS) is 14.3. The van der Waals surface area contributed by atoms with Crippen molar-refractivity contribution in [2.24, 2.45) is 0 Å². The number of rotatable bonds is 4. The van der Waals surface area contributed by atoms with Crippen molar-refractivity contribution in [2.45, 2.75) is 13.8 Å². The predicted octanol–water partition coefficient (Wildman–Crippen LogP) is 0.739. The summed E-state index contributed by atoms with van der Waals surface area (Å²) in [7, 11) is 1.55. The van der Waals surface area contributed by atoms with E-state index in [-0.39, 0.29) is 24.3 Å². The topological polar surface area (TPSA) is 70.2 Å². The fourth-order valence-electron chi connectivity index (χ4n) is 2.67. The van der Waals surface area contributed by atoms with Crippen molar-refractivity contribution in [3.05, 3.63) is 24.3 Å². The molecule has 1 aromatic carbocycles. The van der Waals surface area contributed by atoms with Crippen LogP contribution in [0.3, 0.4) is 0 Å². The maximum atomic E-state index is 12.5. The Morgan fingerprint density at radius 1 is 1.08 bits per heavy atom. The quantitative estimate of drug-likeness (QED) is 0.815. The molecular formula is C17H23N3O4. The predicted molar refractivity (Wildman–Crippen MR) is 89.9 cm³/mol. The minimum Gasteiger partial charge on any atom is -0.497 e. The molecule has 7 nitrogen and oxygen atoms in total. The lowest BCUT2D eigenvalue weighted by molar-refractivity contribution is -0.137. The van der Waals surface area contributed by atoms with E-state index < -0.39 is 0 Å². The summed E-state index contributed by atoms with van der Waals surface area (Å²) in [5.74, 6) is 0.306. The van der Waals surface area contributed by atoms with Crippen molar-refractivity contribution in [3.63, 3.8) is 0 Å². The van der Waals surface area contributed by atoms with Crippen LogP contribution in [0.2, 0.25) is 0 Å². The summed E-state index contributed by atoms with van der Waals surface area (Å²) < 4.78 is 5.17. The van der Waals surface area contributed by atoms with E-state index in [1.807, 2.05) is 0 Å². The zero-order chi connectivity index (χ0) is 17.7. The molecule has 0 radical (unpaired) electrons. The van der Waals surface area contributed by atoms with Gasteiger partial charge in [0.1, 0.15) is 12.3 Å². The second-order valence-electron chi connectivity index (χ2n) is 5.69. The van der Waals surface area contributed by atoms with Crippen LogP contribution >= 0.6 is 0 Å². The van der Waals surface area contributed by atoms with Gasteiger partial charge in [-0.15, -0.1) is 0 Å². The Balaban J connectivity index is 2.04. The molecule has 1 aliphatic rings. The van der Waals surface area contributed by atoms with E-state index >= 15 is 0 Å². The number of hydrogen-bond donors (Lipinski definition) is 0. The Kier molecular flexibility index (Phi) is 5.78. The minimum atomic E-state index is -0.209. The maximum Gasteiger partial charge on any atom is 0.242 e. The number of ether oxygens (including phenoxy) is 1. The van der Waals surface area contributed by atoms with Gasteiger partial charge in [-0.2, -0.15) is 0 Å². The number of hydrogen-bond acceptors (Lipinski definition) is 4. The van der Waals surface area contributed by atoms with Gasteiger partial charge in [-0.3, -0.25) is 14.4 Å². The first-order valence-electron chi connectivity index (χ1n) is 7.88. The molecule has 7 heteroatoms. The standard InChI is InChI=1S/C17H23N3O4/c1-13(21)18-7-9-19(10-8-18)17(23)12-20(14(2)22)15-5-4-6-16(11-15)24-3/h4-6,11H,7-10,12H2,1-3H3. The van der Waals surface area contributed by atoms with Crippen LogP contribution in [0.1, 0.15) is 13.8 Å². The number of methoxy groups -OCH3 is 1. The van der Waals surface area contributed by atoms with E-state index in [2.05, 4.69) is 0 Å². The highest BCUT2D eigenvalue weighted by Gasteiger charge is 2.25. The highest BCUT2D eigenvalue weighted by atomic mass is 16.5. The van der Waals surface area contributed by atoms with Gasteiger partial charge in [0.15, 0.2) is 0 Å². The highest BCUT2D eigenvalue weighted by molar-refractivity contribution is 5.97. The average molecular weight is 333 g/mol. The maximum absolute atomic E-state index is 12.5. The summed E-state index contributed by atoms with van der Waals surface area (Å²) in [6.45, 7) is 4.96. The van der Waals surface area contributed by atoms with Crippen LogP contribution in [0, 0.1) is 0 Å². The first kappa shape index (κ1) is 17.8. The molecular weight excluding hydrogens is 310 g/mol. The van der Waals surface area contributed by atoms with Crippen LogP contribution in [-0.2, 0) is 14.4 Å². The molecule has 0 bridgehead atoms. The molecule has 0 atom stereocenters. The van der Waals surface area contributed by atoms with Gasteiger partial charge in [0.2, 0.25) is 17.7 Å². The third-order valence-electron chi connectivity index (χ3n) is 4.12. The SMILES string of the molecule is COc1cccc(N(CC(=O)N2CCN(C(C)=O)CC2)C(C)=O)c1. The Labute approximate surface area is 141 Å². The third-order valence-corrected chi connectivity index (χ3v) is 4.12. The van der Waals surface area contributed by atoms with E-state index in [9.17, 15) is 14.4 Å². The van der Waals surface area contributed by atoms with Crippen LogP contribution in [0.5, 0.6) is 5.75 Å².